The molecule has 2 rings (SSSR count). The van der Waals surface area contributed by atoms with E-state index in [2.05, 4.69) is 43.8 Å². The summed E-state index contributed by atoms with van der Waals surface area (Å²) in [5.41, 5.74) is 0.723. The number of esters is 2. The van der Waals surface area contributed by atoms with E-state index in [4.69, 9.17) is 9.47 Å². The number of aromatic amines is 1. The predicted molar refractivity (Wildman–Crippen MR) is 246 cm³/mol. The van der Waals surface area contributed by atoms with Crippen LogP contribution >= 0.6 is 0 Å². The van der Waals surface area contributed by atoms with Gasteiger partial charge in [-0.15, -0.1) is 0 Å². The van der Waals surface area contributed by atoms with Crippen LogP contribution in [0, 0.1) is 11.8 Å². The van der Waals surface area contributed by atoms with Crippen LogP contribution in [0.25, 0.3) is 10.9 Å². The van der Waals surface area contributed by atoms with Crippen LogP contribution < -0.4 is 31.9 Å². The van der Waals surface area contributed by atoms with Crippen LogP contribution in [0.3, 0.4) is 0 Å². The molecule has 19 nitrogen and oxygen atoms in total. The van der Waals surface area contributed by atoms with E-state index < -0.39 is 109 Å². The van der Waals surface area contributed by atoms with Crippen molar-refractivity contribution in [1.29, 1.82) is 0 Å². The molecule has 368 valence electrons. The van der Waals surface area contributed by atoms with Gasteiger partial charge in [0, 0.05) is 35.5 Å². The number of rotatable bonds is 29. The van der Waals surface area contributed by atoms with Gasteiger partial charge in [0.05, 0.1) is 25.9 Å². The van der Waals surface area contributed by atoms with Crippen molar-refractivity contribution < 1.29 is 57.7 Å². The van der Waals surface area contributed by atoms with Gasteiger partial charge in [0.1, 0.15) is 36.8 Å². The van der Waals surface area contributed by atoms with Crippen molar-refractivity contribution in [2.45, 2.75) is 168 Å². The molecule has 19 heteroatoms. The van der Waals surface area contributed by atoms with Gasteiger partial charge in [-0.25, -0.2) is 0 Å². The fourth-order valence-corrected chi connectivity index (χ4v) is 6.97. The molecule has 0 fully saturated rings. The molecule has 1 heterocycles. The molecular weight excluding hydrogens is 855 g/mol. The highest BCUT2D eigenvalue weighted by atomic mass is 16.5. The number of methoxy groups -OCH3 is 1. The van der Waals surface area contributed by atoms with E-state index in [1.165, 1.54) is 6.92 Å². The van der Waals surface area contributed by atoms with Crippen molar-refractivity contribution in [3.8, 4) is 0 Å². The number of hydrogen-bond acceptors (Lipinski definition) is 11. The molecular formula is C47H73N7O12. The number of aliphatic carboxylic acids is 1. The normalized spacial score (nSPS) is 14.5. The highest BCUT2D eigenvalue weighted by molar-refractivity contribution is 5.99. The lowest BCUT2D eigenvalue weighted by molar-refractivity contribution is -0.158. The topological polar surface area (TPSA) is 280 Å². The van der Waals surface area contributed by atoms with Crippen molar-refractivity contribution in [3.05, 3.63) is 36.0 Å². The molecule has 2 aromatic rings. The minimum atomic E-state index is -1.81. The van der Waals surface area contributed by atoms with Gasteiger partial charge in [-0.05, 0) is 51.7 Å². The molecule has 66 heavy (non-hydrogen) atoms. The maximum absolute atomic E-state index is 14.3. The van der Waals surface area contributed by atoms with Crippen molar-refractivity contribution in [2.75, 3.05) is 13.7 Å². The van der Waals surface area contributed by atoms with Crippen molar-refractivity contribution in [2.24, 2.45) is 11.8 Å². The number of H-pyrrole nitrogens is 1. The molecule has 7 unspecified atom stereocenters. The van der Waals surface area contributed by atoms with Crippen LogP contribution in [0.4, 0.5) is 0 Å². The molecule has 1 aromatic carbocycles. The molecule has 7 atom stereocenters. The number of aromatic nitrogens is 1. The molecule has 0 aliphatic rings. The number of unbranched alkanes of at least 4 members (excludes halogenated alkanes) is 6. The van der Waals surface area contributed by atoms with Gasteiger partial charge in [-0.3, -0.25) is 43.2 Å². The third kappa shape index (κ3) is 20.0. The van der Waals surface area contributed by atoms with Gasteiger partial charge < -0.3 is 51.5 Å². The van der Waals surface area contributed by atoms with Gasteiger partial charge in [0.15, 0.2) is 0 Å². The summed E-state index contributed by atoms with van der Waals surface area (Å²) in [4.78, 5) is 123. The number of hydrogen-bond donors (Lipinski definition) is 8. The van der Waals surface area contributed by atoms with E-state index >= 15 is 0 Å². The standard InChI is InChI=1S/C47H73N7O12/c1-10-12-13-14-15-16-17-22-37(55)50-34(23-31-26-48-33-21-19-18-20-32(31)33)42(60)51-35(24-38(56)54-47(6,7)8)43(61)52-36(25-40(59)65-9)44(62)53-41(45(63)49-27-39(57)58)30(5)66-46(64)29(4)28(3)11-2/h18-21,26,28-30,34-36,41,48H,10-17,22-25,27H2,1-9H3,(H,49,63)(H,50,55)(H,51,60)(H,52,61)(H,53,62)(H,54,56)(H,57,58). The summed E-state index contributed by atoms with van der Waals surface area (Å²) in [5, 5.41) is 25.1. The average Bonchev–Trinajstić information content (AvgIpc) is 3.67. The third-order valence-corrected chi connectivity index (χ3v) is 11.2. The molecule has 0 saturated carbocycles. The number of ether oxygens (including phenoxy) is 2. The van der Waals surface area contributed by atoms with Gasteiger partial charge in [0.2, 0.25) is 35.4 Å². The molecule has 0 spiro atoms. The zero-order valence-corrected chi connectivity index (χ0v) is 40.1. The van der Waals surface area contributed by atoms with E-state index in [9.17, 15) is 48.3 Å². The Balaban J connectivity index is 2.49. The minimum absolute atomic E-state index is 0.00126. The number of nitrogens with one attached hydrogen (secondary N) is 7. The van der Waals surface area contributed by atoms with E-state index in [-0.39, 0.29) is 24.7 Å². The summed E-state index contributed by atoms with van der Waals surface area (Å²) in [7, 11) is 1.04. The summed E-state index contributed by atoms with van der Waals surface area (Å²) in [6.45, 7) is 13.1. The molecule has 0 aliphatic carbocycles. The van der Waals surface area contributed by atoms with E-state index in [1.807, 2.05) is 38.1 Å². The lowest BCUT2D eigenvalue weighted by Gasteiger charge is -2.29. The van der Waals surface area contributed by atoms with E-state index in [0.717, 1.165) is 56.5 Å². The number of amides is 6. The molecule has 1 aromatic heterocycles. The molecule has 0 radical (unpaired) electrons. The van der Waals surface area contributed by atoms with Crippen LogP contribution in [-0.2, 0) is 59.0 Å². The van der Waals surface area contributed by atoms with Gasteiger partial charge in [-0.2, -0.15) is 0 Å². The fourth-order valence-electron chi connectivity index (χ4n) is 6.97. The zero-order chi connectivity index (χ0) is 49.6. The molecule has 0 aliphatic heterocycles. The van der Waals surface area contributed by atoms with Crippen LogP contribution in [0.15, 0.2) is 30.5 Å². The number of fused-ring (bicyclic) bond motifs is 1. The highest BCUT2D eigenvalue weighted by Crippen LogP contribution is 2.20. The smallest absolute Gasteiger partial charge is 0.322 e. The first-order valence-corrected chi connectivity index (χ1v) is 22.9. The van der Waals surface area contributed by atoms with E-state index in [0.29, 0.717) is 18.4 Å². The van der Waals surface area contributed by atoms with Crippen LogP contribution in [0.2, 0.25) is 0 Å². The number of para-hydroxylation sites is 1. The first kappa shape index (κ1) is 56.1. The fraction of sp³-hybridized carbons (Fsp3) is 0.638. The molecule has 0 saturated heterocycles. The summed E-state index contributed by atoms with van der Waals surface area (Å²) < 4.78 is 10.3. The van der Waals surface area contributed by atoms with Crippen LogP contribution in [0.5, 0.6) is 0 Å². The Morgan fingerprint density at radius 3 is 1.92 bits per heavy atom. The molecule has 8 N–H and O–H groups in total. The number of benzene rings is 1. The second-order valence-electron chi connectivity index (χ2n) is 17.9. The summed E-state index contributed by atoms with van der Waals surface area (Å²) in [6.07, 6.45) is 6.52. The van der Waals surface area contributed by atoms with Gasteiger partial charge in [0.25, 0.3) is 0 Å². The number of carbonyl (C=O) groups is 9. The quantitative estimate of drug-likeness (QED) is 0.0430. The highest BCUT2D eigenvalue weighted by Gasteiger charge is 2.37. The van der Waals surface area contributed by atoms with Crippen molar-refractivity contribution in [3.63, 3.8) is 0 Å². The summed E-state index contributed by atoms with van der Waals surface area (Å²) in [6, 6.07) is 0.942. The van der Waals surface area contributed by atoms with Gasteiger partial charge in [-0.1, -0.05) is 90.8 Å². The third-order valence-electron chi connectivity index (χ3n) is 11.2. The predicted octanol–water partition coefficient (Wildman–Crippen LogP) is 3.47. The minimum Gasteiger partial charge on any atom is -0.480 e. The number of carbonyl (C=O) groups excluding carboxylic acids is 8. The maximum Gasteiger partial charge on any atom is 0.322 e. The largest absolute Gasteiger partial charge is 0.480 e. The summed E-state index contributed by atoms with van der Waals surface area (Å²) >= 11 is 0. The average molecular weight is 928 g/mol. The van der Waals surface area contributed by atoms with Crippen molar-refractivity contribution in [1.82, 2.24) is 36.9 Å². The Labute approximate surface area is 387 Å². The lowest BCUT2D eigenvalue weighted by atomic mass is 9.94. The monoisotopic (exact) mass is 928 g/mol. The summed E-state index contributed by atoms with van der Waals surface area (Å²) in [5.74, 6) is -8.94. The zero-order valence-electron chi connectivity index (χ0n) is 40.1. The first-order chi connectivity index (χ1) is 31.1. The Bertz CT molecular complexity index is 1960. The van der Waals surface area contributed by atoms with Crippen molar-refractivity contribution >= 4 is 64.3 Å². The lowest BCUT2D eigenvalue weighted by Crippen LogP contribution is -2.61. The Kier molecular flexibility index (Phi) is 23.9. The number of carboxylic acids is 1. The maximum atomic E-state index is 14.3. The molecule has 6 amide bonds. The SMILES string of the molecule is CCCCCCCCCC(=O)NC(Cc1c[nH]c2ccccc12)C(=O)NC(CC(=O)NC(C)(C)C)C(=O)NC(CC(=O)OC)C(=O)NC(C(=O)NCC(=O)O)C(C)OC(=O)C(C)C(C)CC. The Morgan fingerprint density at radius 2 is 1.32 bits per heavy atom. The number of carboxylic acid groups (broad SMARTS) is 1. The Hall–Kier alpha value is -6.01. The molecule has 0 bridgehead atoms. The second-order valence-corrected chi connectivity index (χ2v) is 17.9. The van der Waals surface area contributed by atoms with E-state index in [1.54, 1.807) is 33.9 Å². The van der Waals surface area contributed by atoms with Crippen LogP contribution in [0.1, 0.15) is 132 Å². The Morgan fingerprint density at radius 1 is 0.727 bits per heavy atom. The second kappa shape index (κ2) is 28.1. The van der Waals surface area contributed by atoms with Crippen LogP contribution in [-0.4, -0.2) is 113 Å². The van der Waals surface area contributed by atoms with Gasteiger partial charge >= 0.3 is 17.9 Å². The first-order valence-electron chi connectivity index (χ1n) is 22.9.